The quantitative estimate of drug-likeness (QED) is 0.767. The van der Waals surface area contributed by atoms with Crippen LogP contribution in [-0.4, -0.2) is 48.0 Å². The van der Waals surface area contributed by atoms with Crippen molar-refractivity contribution in [1.82, 2.24) is 20.2 Å². The number of benzene rings is 1. The van der Waals surface area contributed by atoms with Crippen LogP contribution in [0.4, 0.5) is 11.5 Å². The summed E-state index contributed by atoms with van der Waals surface area (Å²) in [4.78, 5) is 22.4. The van der Waals surface area contributed by atoms with Gasteiger partial charge in [0, 0.05) is 18.3 Å². The molecular weight excluding hydrogens is 290 g/mol. The first-order chi connectivity index (χ1) is 11.1. The van der Waals surface area contributed by atoms with Gasteiger partial charge in [-0.15, -0.1) is 0 Å². The third-order valence-corrected chi connectivity index (χ3v) is 3.38. The Balaban J connectivity index is 1.96. The van der Waals surface area contributed by atoms with E-state index in [-0.39, 0.29) is 5.91 Å². The highest BCUT2D eigenvalue weighted by Crippen LogP contribution is 2.18. The van der Waals surface area contributed by atoms with Gasteiger partial charge >= 0.3 is 0 Å². The summed E-state index contributed by atoms with van der Waals surface area (Å²) in [6, 6.07) is 9.58. The Hall–Kier alpha value is -2.47. The van der Waals surface area contributed by atoms with Crippen molar-refractivity contribution in [1.29, 1.82) is 0 Å². The molecule has 0 fully saturated rings. The Bertz CT molecular complexity index is 657. The predicted molar refractivity (Wildman–Crippen MR) is 92.0 cm³/mol. The van der Waals surface area contributed by atoms with Gasteiger partial charge in [-0.3, -0.25) is 4.79 Å². The molecule has 1 heterocycles. The van der Waals surface area contributed by atoms with Gasteiger partial charge in [0.25, 0.3) is 5.91 Å². The van der Waals surface area contributed by atoms with Crippen LogP contribution >= 0.6 is 0 Å². The largest absolute Gasteiger partial charge is 0.351 e. The fourth-order valence-corrected chi connectivity index (χ4v) is 2.09. The average Bonchev–Trinajstić information content (AvgIpc) is 2.54. The van der Waals surface area contributed by atoms with E-state index >= 15 is 0 Å². The Labute approximate surface area is 137 Å². The summed E-state index contributed by atoms with van der Waals surface area (Å²) in [6.45, 7) is 3.58. The minimum atomic E-state index is -0.181. The van der Waals surface area contributed by atoms with Crippen LogP contribution in [0.5, 0.6) is 0 Å². The molecule has 1 aromatic heterocycles. The van der Waals surface area contributed by atoms with E-state index < -0.39 is 0 Å². The number of hydrogen-bond acceptors (Lipinski definition) is 5. The second kappa shape index (κ2) is 8.24. The first kappa shape index (κ1) is 16.9. The number of carbonyl (C=O) groups is 1. The average molecular weight is 313 g/mol. The van der Waals surface area contributed by atoms with E-state index in [1.54, 1.807) is 6.07 Å². The lowest BCUT2D eigenvalue weighted by molar-refractivity contribution is 0.0947. The highest BCUT2D eigenvalue weighted by atomic mass is 16.1. The van der Waals surface area contributed by atoms with E-state index in [1.165, 1.54) is 6.33 Å². The molecule has 1 amide bonds. The van der Waals surface area contributed by atoms with Crippen LogP contribution in [0.25, 0.3) is 0 Å². The number of hydrogen-bond donors (Lipinski definition) is 2. The number of aromatic nitrogens is 2. The minimum absolute atomic E-state index is 0.181. The molecule has 0 atom stereocenters. The zero-order chi connectivity index (χ0) is 16.7. The maximum atomic E-state index is 12.1. The lowest BCUT2D eigenvalue weighted by atomic mass is 10.2. The Kier molecular flexibility index (Phi) is 6.05. The van der Waals surface area contributed by atoms with Crippen molar-refractivity contribution in [2.75, 3.05) is 32.5 Å². The number of anilines is 2. The first-order valence-corrected chi connectivity index (χ1v) is 7.64. The summed E-state index contributed by atoms with van der Waals surface area (Å²) >= 11 is 0. The van der Waals surface area contributed by atoms with Gasteiger partial charge in [-0.2, -0.15) is 0 Å². The molecule has 0 spiro atoms. The Morgan fingerprint density at radius 1 is 1.22 bits per heavy atom. The van der Waals surface area contributed by atoms with Gasteiger partial charge in [0.15, 0.2) is 0 Å². The maximum Gasteiger partial charge on any atom is 0.270 e. The number of amides is 1. The Morgan fingerprint density at radius 3 is 2.74 bits per heavy atom. The minimum Gasteiger partial charge on any atom is -0.351 e. The van der Waals surface area contributed by atoms with Crippen LogP contribution in [0.3, 0.4) is 0 Å². The molecule has 2 N–H and O–H groups in total. The lowest BCUT2D eigenvalue weighted by Crippen LogP contribution is -2.27. The molecule has 23 heavy (non-hydrogen) atoms. The molecule has 2 rings (SSSR count). The van der Waals surface area contributed by atoms with E-state index in [0.29, 0.717) is 18.1 Å². The van der Waals surface area contributed by atoms with Gasteiger partial charge in [0.2, 0.25) is 0 Å². The number of para-hydroxylation sites is 1. The zero-order valence-electron chi connectivity index (χ0n) is 13.8. The summed E-state index contributed by atoms with van der Waals surface area (Å²) in [5.41, 5.74) is 2.44. The van der Waals surface area contributed by atoms with Crippen LogP contribution in [-0.2, 0) is 0 Å². The molecule has 1 aromatic carbocycles. The highest BCUT2D eigenvalue weighted by molar-refractivity contribution is 5.92. The molecule has 0 aliphatic heterocycles. The van der Waals surface area contributed by atoms with Crippen LogP contribution in [0.15, 0.2) is 36.7 Å². The number of nitrogens with zero attached hydrogens (tertiary/aromatic N) is 3. The molecule has 0 radical (unpaired) electrons. The van der Waals surface area contributed by atoms with Gasteiger partial charge in [0.05, 0.1) is 0 Å². The second-order valence-corrected chi connectivity index (χ2v) is 5.64. The molecule has 0 aliphatic rings. The van der Waals surface area contributed by atoms with E-state index in [2.05, 4.69) is 25.5 Å². The molecular formula is C17H23N5O. The topological polar surface area (TPSA) is 70.2 Å². The number of rotatable bonds is 7. The first-order valence-electron chi connectivity index (χ1n) is 7.64. The molecule has 0 saturated heterocycles. The van der Waals surface area contributed by atoms with E-state index in [0.717, 1.165) is 24.2 Å². The predicted octanol–water partition coefficient (Wildman–Crippen LogP) is 2.21. The summed E-state index contributed by atoms with van der Waals surface area (Å²) in [6.07, 6.45) is 2.30. The second-order valence-electron chi connectivity index (χ2n) is 5.64. The number of aryl methyl sites for hydroxylation is 1. The molecule has 0 saturated carbocycles. The van der Waals surface area contributed by atoms with Crippen molar-refractivity contribution in [2.24, 2.45) is 0 Å². The van der Waals surface area contributed by atoms with Crippen molar-refractivity contribution in [3.63, 3.8) is 0 Å². The molecule has 0 aliphatic carbocycles. The van der Waals surface area contributed by atoms with Gasteiger partial charge in [-0.25, -0.2) is 9.97 Å². The summed E-state index contributed by atoms with van der Waals surface area (Å²) < 4.78 is 0. The van der Waals surface area contributed by atoms with Crippen LogP contribution in [0.2, 0.25) is 0 Å². The van der Waals surface area contributed by atoms with Crippen LogP contribution < -0.4 is 10.6 Å². The van der Waals surface area contributed by atoms with Gasteiger partial charge in [-0.05, 0) is 45.6 Å². The van der Waals surface area contributed by atoms with Crippen molar-refractivity contribution in [3.8, 4) is 0 Å². The van der Waals surface area contributed by atoms with E-state index in [9.17, 15) is 4.79 Å². The summed E-state index contributed by atoms with van der Waals surface area (Å²) in [5.74, 6) is 0.423. The standard InChI is InChI=1S/C17H23N5O/c1-13-7-4-5-8-14(13)21-16-11-15(19-12-20-16)17(23)18-9-6-10-22(2)3/h4-5,7-8,11-12H,6,9-10H2,1-3H3,(H,18,23)(H,19,20,21). The third kappa shape index (κ3) is 5.34. The molecule has 6 nitrogen and oxygen atoms in total. The van der Waals surface area contributed by atoms with Crippen LogP contribution in [0.1, 0.15) is 22.5 Å². The lowest BCUT2D eigenvalue weighted by Gasteiger charge is -2.11. The summed E-state index contributed by atoms with van der Waals surface area (Å²) in [7, 11) is 4.02. The third-order valence-electron chi connectivity index (χ3n) is 3.38. The molecule has 122 valence electrons. The van der Waals surface area contributed by atoms with Gasteiger partial charge in [0.1, 0.15) is 17.8 Å². The molecule has 0 unspecified atom stereocenters. The van der Waals surface area contributed by atoms with Crippen LogP contribution in [0, 0.1) is 6.92 Å². The van der Waals surface area contributed by atoms with Crippen molar-refractivity contribution in [3.05, 3.63) is 47.9 Å². The van der Waals surface area contributed by atoms with E-state index in [4.69, 9.17) is 0 Å². The zero-order valence-corrected chi connectivity index (χ0v) is 13.8. The van der Waals surface area contributed by atoms with Gasteiger partial charge < -0.3 is 15.5 Å². The van der Waals surface area contributed by atoms with Crippen molar-refractivity contribution >= 4 is 17.4 Å². The Morgan fingerprint density at radius 2 is 2.00 bits per heavy atom. The summed E-state index contributed by atoms with van der Waals surface area (Å²) in [5, 5.41) is 6.08. The molecule has 6 heteroatoms. The monoisotopic (exact) mass is 313 g/mol. The number of nitrogens with one attached hydrogen (secondary N) is 2. The fraction of sp³-hybridized carbons (Fsp3) is 0.353. The fourth-order valence-electron chi connectivity index (χ4n) is 2.09. The van der Waals surface area contributed by atoms with Gasteiger partial charge in [-0.1, -0.05) is 18.2 Å². The highest BCUT2D eigenvalue weighted by Gasteiger charge is 2.08. The maximum absolute atomic E-state index is 12.1. The molecule has 0 bridgehead atoms. The number of carbonyl (C=O) groups excluding carboxylic acids is 1. The smallest absolute Gasteiger partial charge is 0.270 e. The van der Waals surface area contributed by atoms with Crippen molar-refractivity contribution < 1.29 is 4.79 Å². The molecule has 2 aromatic rings. The SMILES string of the molecule is Cc1ccccc1Nc1cc(C(=O)NCCCN(C)C)ncn1. The normalized spacial score (nSPS) is 10.6. The van der Waals surface area contributed by atoms with E-state index in [1.807, 2.05) is 45.3 Å². The van der Waals surface area contributed by atoms with Crippen molar-refractivity contribution in [2.45, 2.75) is 13.3 Å².